The van der Waals surface area contributed by atoms with Crippen molar-refractivity contribution in [1.82, 2.24) is 0 Å². The molecule has 0 aromatic heterocycles. The van der Waals surface area contributed by atoms with Crippen molar-refractivity contribution in [3.05, 3.63) is 56.6 Å². The smallest absolute Gasteiger partial charge is 0.313 e. The van der Waals surface area contributed by atoms with E-state index in [9.17, 15) is 10.1 Å². The zero-order chi connectivity index (χ0) is 14.0. The number of hydrogen-bond acceptors (Lipinski definition) is 4. The van der Waals surface area contributed by atoms with Crippen LogP contribution in [0.4, 0.5) is 5.69 Å². The van der Waals surface area contributed by atoms with Gasteiger partial charge in [-0.15, -0.1) is 0 Å². The van der Waals surface area contributed by atoms with Gasteiger partial charge >= 0.3 is 5.69 Å². The molecule has 0 aliphatic rings. The molecule has 0 unspecified atom stereocenters. The molecule has 0 radical (unpaired) electrons. The summed E-state index contributed by atoms with van der Waals surface area (Å²) in [5.74, 6) is 0.375. The van der Waals surface area contributed by atoms with Crippen LogP contribution in [0.3, 0.4) is 0 Å². The molecule has 0 atom stereocenters. The quantitative estimate of drug-likeness (QED) is 0.673. The van der Waals surface area contributed by atoms with Gasteiger partial charge < -0.3 is 9.84 Å². The third-order valence-corrected chi connectivity index (χ3v) is 2.99. The molecule has 98 valence electrons. The summed E-state index contributed by atoms with van der Waals surface area (Å²) >= 11 is 11.5. The monoisotopic (exact) mass is 299 g/mol. The fraction of sp³-hybridized carbons (Fsp3) is 0. The van der Waals surface area contributed by atoms with Crippen LogP contribution in [0.1, 0.15) is 0 Å². The third kappa shape index (κ3) is 3.07. The summed E-state index contributed by atoms with van der Waals surface area (Å²) in [4.78, 5) is 10.3. The van der Waals surface area contributed by atoms with Gasteiger partial charge in [0.1, 0.15) is 11.5 Å². The van der Waals surface area contributed by atoms with E-state index in [4.69, 9.17) is 33.0 Å². The van der Waals surface area contributed by atoms with Crippen molar-refractivity contribution >= 4 is 28.9 Å². The van der Waals surface area contributed by atoms with Crippen LogP contribution >= 0.6 is 23.2 Å². The first kappa shape index (κ1) is 13.5. The van der Waals surface area contributed by atoms with E-state index in [1.165, 1.54) is 30.3 Å². The van der Waals surface area contributed by atoms with Gasteiger partial charge in [-0.1, -0.05) is 23.2 Å². The number of phenolic OH excluding ortho intramolecular Hbond substituents is 1. The van der Waals surface area contributed by atoms with Crippen molar-refractivity contribution < 1.29 is 14.8 Å². The van der Waals surface area contributed by atoms with Crippen molar-refractivity contribution in [3.63, 3.8) is 0 Å². The average molecular weight is 300 g/mol. The summed E-state index contributed by atoms with van der Waals surface area (Å²) < 4.78 is 5.37. The number of rotatable bonds is 3. The van der Waals surface area contributed by atoms with Gasteiger partial charge in [0.2, 0.25) is 5.75 Å². The summed E-state index contributed by atoms with van der Waals surface area (Å²) in [6.07, 6.45) is 0. The van der Waals surface area contributed by atoms with Gasteiger partial charge in [-0.2, -0.15) is 0 Å². The van der Waals surface area contributed by atoms with E-state index in [0.717, 1.165) is 6.07 Å². The van der Waals surface area contributed by atoms with Crippen molar-refractivity contribution in [2.75, 3.05) is 0 Å². The molecule has 0 aliphatic heterocycles. The number of ether oxygens (including phenoxy) is 1. The van der Waals surface area contributed by atoms with Crippen LogP contribution in [-0.2, 0) is 0 Å². The van der Waals surface area contributed by atoms with Crippen molar-refractivity contribution in [3.8, 4) is 17.2 Å². The molecular weight excluding hydrogens is 293 g/mol. The molecule has 0 heterocycles. The van der Waals surface area contributed by atoms with Crippen LogP contribution in [0.15, 0.2) is 36.4 Å². The third-order valence-electron chi connectivity index (χ3n) is 2.26. The molecule has 0 bridgehead atoms. The molecule has 0 aliphatic carbocycles. The Kier molecular flexibility index (Phi) is 3.78. The van der Waals surface area contributed by atoms with Gasteiger partial charge in [0, 0.05) is 12.1 Å². The number of phenols is 1. The molecule has 0 fully saturated rings. The van der Waals surface area contributed by atoms with Crippen LogP contribution < -0.4 is 4.74 Å². The van der Waals surface area contributed by atoms with E-state index < -0.39 is 4.92 Å². The van der Waals surface area contributed by atoms with Gasteiger partial charge in [0.05, 0.1) is 15.0 Å². The molecule has 0 saturated carbocycles. The molecular formula is C12H7Cl2NO4. The number of benzene rings is 2. The Bertz CT molecular complexity index is 628. The summed E-state index contributed by atoms with van der Waals surface area (Å²) in [6.45, 7) is 0. The molecule has 1 N–H and O–H groups in total. The molecule has 19 heavy (non-hydrogen) atoms. The van der Waals surface area contributed by atoms with Crippen LogP contribution in [-0.4, -0.2) is 10.0 Å². The van der Waals surface area contributed by atoms with Gasteiger partial charge in [-0.25, -0.2) is 0 Å². The maximum Gasteiger partial charge on any atom is 0.313 e. The van der Waals surface area contributed by atoms with Crippen molar-refractivity contribution in [1.29, 1.82) is 0 Å². The highest BCUT2D eigenvalue weighted by molar-refractivity contribution is 6.42. The topological polar surface area (TPSA) is 72.6 Å². The van der Waals surface area contributed by atoms with E-state index in [1.807, 2.05) is 0 Å². The Balaban J connectivity index is 2.41. The highest BCUT2D eigenvalue weighted by Gasteiger charge is 2.19. The highest BCUT2D eigenvalue weighted by Crippen LogP contribution is 2.38. The van der Waals surface area contributed by atoms with Crippen LogP contribution in [0.5, 0.6) is 17.2 Å². The Labute approximate surface area is 118 Å². The number of hydrogen-bond donors (Lipinski definition) is 1. The number of nitrogens with zero attached hydrogens (tertiary/aromatic N) is 1. The van der Waals surface area contributed by atoms with Crippen LogP contribution in [0.2, 0.25) is 10.0 Å². The first-order valence-electron chi connectivity index (χ1n) is 5.07. The zero-order valence-electron chi connectivity index (χ0n) is 9.34. The lowest BCUT2D eigenvalue weighted by molar-refractivity contribution is -0.385. The maximum atomic E-state index is 10.9. The minimum Gasteiger partial charge on any atom is -0.508 e. The Morgan fingerprint density at radius 2 is 1.68 bits per heavy atom. The fourth-order valence-corrected chi connectivity index (χ4v) is 1.70. The molecule has 5 nitrogen and oxygen atoms in total. The predicted octanol–water partition coefficient (Wildman–Crippen LogP) is 4.40. The second-order valence-electron chi connectivity index (χ2n) is 3.59. The van der Waals surface area contributed by atoms with E-state index in [0.29, 0.717) is 5.75 Å². The second-order valence-corrected chi connectivity index (χ2v) is 4.40. The fourth-order valence-electron chi connectivity index (χ4n) is 1.38. The number of nitro benzene ring substituents is 1. The number of halogens is 2. The molecule has 0 saturated heterocycles. The Hall–Kier alpha value is -1.98. The summed E-state index contributed by atoms with van der Waals surface area (Å²) in [5, 5.41) is 20.3. The van der Waals surface area contributed by atoms with Crippen LogP contribution in [0, 0.1) is 10.1 Å². The highest BCUT2D eigenvalue weighted by atomic mass is 35.5. The first-order chi connectivity index (χ1) is 8.97. The standard InChI is InChI=1S/C12H7Cl2NO4/c13-9-5-11(15(17)18)12(6-10(9)14)19-8-3-1-7(16)2-4-8/h1-6,16H. The largest absolute Gasteiger partial charge is 0.508 e. The molecule has 2 aromatic rings. The molecule has 7 heteroatoms. The van der Waals surface area contributed by atoms with Gasteiger partial charge in [-0.3, -0.25) is 10.1 Å². The van der Waals surface area contributed by atoms with Gasteiger partial charge in [0.25, 0.3) is 0 Å². The minimum absolute atomic E-state index is 0.0231. The van der Waals surface area contributed by atoms with Crippen LogP contribution in [0.25, 0.3) is 0 Å². The predicted molar refractivity (Wildman–Crippen MR) is 71.3 cm³/mol. The van der Waals surface area contributed by atoms with Crippen molar-refractivity contribution in [2.24, 2.45) is 0 Å². The normalized spacial score (nSPS) is 10.2. The lowest BCUT2D eigenvalue weighted by atomic mass is 10.3. The van der Waals surface area contributed by atoms with Crippen molar-refractivity contribution in [2.45, 2.75) is 0 Å². The van der Waals surface area contributed by atoms with E-state index in [-0.39, 0.29) is 27.2 Å². The summed E-state index contributed by atoms with van der Waals surface area (Å²) in [5.41, 5.74) is -0.289. The van der Waals surface area contributed by atoms with Gasteiger partial charge in [-0.05, 0) is 24.3 Å². The van der Waals surface area contributed by atoms with E-state index in [1.54, 1.807) is 0 Å². The molecule has 2 aromatic carbocycles. The second kappa shape index (κ2) is 5.34. The SMILES string of the molecule is O=[N+]([O-])c1cc(Cl)c(Cl)cc1Oc1ccc(O)cc1. The lowest BCUT2D eigenvalue weighted by Crippen LogP contribution is -1.93. The summed E-state index contributed by atoms with van der Waals surface area (Å²) in [7, 11) is 0. The van der Waals surface area contributed by atoms with Gasteiger partial charge in [0.15, 0.2) is 0 Å². The summed E-state index contributed by atoms with van der Waals surface area (Å²) in [6, 6.07) is 8.15. The number of nitro groups is 1. The maximum absolute atomic E-state index is 10.9. The average Bonchev–Trinajstić information content (AvgIpc) is 2.36. The zero-order valence-corrected chi connectivity index (χ0v) is 10.9. The van der Waals surface area contributed by atoms with E-state index in [2.05, 4.69) is 0 Å². The molecule has 2 rings (SSSR count). The number of aromatic hydroxyl groups is 1. The minimum atomic E-state index is -0.613. The molecule has 0 amide bonds. The Morgan fingerprint density at radius 1 is 1.11 bits per heavy atom. The first-order valence-corrected chi connectivity index (χ1v) is 5.83. The molecule has 0 spiro atoms. The lowest BCUT2D eigenvalue weighted by Gasteiger charge is -2.07. The Morgan fingerprint density at radius 3 is 2.26 bits per heavy atom. The van der Waals surface area contributed by atoms with E-state index >= 15 is 0 Å².